The molecule has 0 amide bonds. The zero-order chi connectivity index (χ0) is 11.8. The standard InChI is InChI=1S/C11H9N5O/c12-10-14-15-11-13-8(6-9(17)16(10)11)7-4-2-1-3-5-7/h1-6H,(H2,12,14)(H,13,15). The molecule has 17 heavy (non-hydrogen) atoms. The molecule has 0 atom stereocenters. The maximum Gasteiger partial charge on any atom is 0.262 e. The molecule has 0 radical (unpaired) electrons. The average Bonchev–Trinajstić information content (AvgIpc) is 2.73. The molecule has 0 saturated carbocycles. The third kappa shape index (κ3) is 1.46. The molecule has 3 rings (SSSR count). The van der Waals surface area contributed by atoms with E-state index in [0.29, 0.717) is 11.5 Å². The maximum atomic E-state index is 11.8. The number of nitrogen functional groups attached to an aromatic ring is 1. The predicted molar refractivity (Wildman–Crippen MR) is 63.5 cm³/mol. The Labute approximate surface area is 95.7 Å². The van der Waals surface area contributed by atoms with Crippen LogP contribution in [-0.2, 0) is 0 Å². The summed E-state index contributed by atoms with van der Waals surface area (Å²) in [4.78, 5) is 16.1. The van der Waals surface area contributed by atoms with Gasteiger partial charge in [-0.3, -0.25) is 4.79 Å². The number of H-pyrrole nitrogens is 1. The highest BCUT2D eigenvalue weighted by Gasteiger charge is 2.08. The molecule has 0 aliphatic carbocycles. The van der Waals surface area contributed by atoms with Crippen LogP contribution in [0.2, 0.25) is 0 Å². The number of fused-ring (bicyclic) bond motifs is 1. The van der Waals surface area contributed by atoms with Gasteiger partial charge in [-0.1, -0.05) is 30.3 Å². The summed E-state index contributed by atoms with van der Waals surface area (Å²) in [6, 6.07) is 10.9. The minimum atomic E-state index is -0.250. The normalized spacial score (nSPS) is 10.8. The second kappa shape index (κ2) is 3.44. The Morgan fingerprint density at radius 1 is 1.24 bits per heavy atom. The number of nitrogens with one attached hydrogen (secondary N) is 1. The monoisotopic (exact) mass is 227 g/mol. The van der Waals surface area contributed by atoms with Crippen LogP contribution in [0.5, 0.6) is 0 Å². The molecule has 0 aliphatic rings. The lowest BCUT2D eigenvalue weighted by Crippen LogP contribution is -2.15. The van der Waals surface area contributed by atoms with Crippen LogP contribution >= 0.6 is 0 Å². The summed E-state index contributed by atoms with van der Waals surface area (Å²) < 4.78 is 1.23. The number of benzene rings is 1. The molecular weight excluding hydrogens is 218 g/mol. The van der Waals surface area contributed by atoms with Crippen LogP contribution in [-0.4, -0.2) is 19.6 Å². The SMILES string of the molecule is Nc1n[nH]c2nc(-c3ccccc3)cc(=O)n12. The molecule has 0 bridgehead atoms. The van der Waals surface area contributed by atoms with E-state index in [2.05, 4.69) is 15.2 Å². The van der Waals surface area contributed by atoms with Gasteiger partial charge in [-0.2, -0.15) is 0 Å². The van der Waals surface area contributed by atoms with Gasteiger partial charge in [-0.25, -0.2) is 14.5 Å². The Hall–Kier alpha value is -2.63. The molecule has 6 nitrogen and oxygen atoms in total. The smallest absolute Gasteiger partial charge is 0.262 e. The summed E-state index contributed by atoms with van der Waals surface area (Å²) in [5.74, 6) is 0.450. The number of aromatic amines is 1. The molecule has 0 unspecified atom stereocenters. The summed E-state index contributed by atoms with van der Waals surface area (Å²) in [6.45, 7) is 0. The van der Waals surface area contributed by atoms with Crippen molar-refractivity contribution in [2.45, 2.75) is 0 Å². The van der Waals surface area contributed by atoms with Crippen LogP contribution < -0.4 is 11.3 Å². The Morgan fingerprint density at radius 3 is 2.76 bits per heavy atom. The minimum absolute atomic E-state index is 0.108. The van der Waals surface area contributed by atoms with Crippen LogP contribution in [0.4, 0.5) is 5.95 Å². The summed E-state index contributed by atoms with van der Waals surface area (Å²) in [6.07, 6.45) is 0. The van der Waals surface area contributed by atoms with Crippen molar-refractivity contribution in [3.63, 3.8) is 0 Å². The van der Waals surface area contributed by atoms with Crippen molar-refractivity contribution in [2.75, 3.05) is 5.73 Å². The molecule has 1 aromatic carbocycles. The van der Waals surface area contributed by atoms with Crippen molar-refractivity contribution in [3.05, 3.63) is 46.8 Å². The van der Waals surface area contributed by atoms with Crippen molar-refractivity contribution in [1.29, 1.82) is 0 Å². The molecule has 2 heterocycles. The quantitative estimate of drug-likeness (QED) is 0.639. The fourth-order valence-corrected chi connectivity index (χ4v) is 1.69. The van der Waals surface area contributed by atoms with E-state index < -0.39 is 0 Å². The van der Waals surface area contributed by atoms with Crippen molar-refractivity contribution in [3.8, 4) is 11.3 Å². The number of hydrogen-bond donors (Lipinski definition) is 2. The van der Waals surface area contributed by atoms with E-state index in [9.17, 15) is 4.79 Å². The Balaban J connectivity index is 2.30. The average molecular weight is 227 g/mol. The molecule has 0 aliphatic heterocycles. The largest absolute Gasteiger partial charge is 0.368 e. The highest BCUT2D eigenvalue weighted by atomic mass is 16.1. The molecular formula is C11H9N5O. The van der Waals surface area contributed by atoms with Crippen molar-refractivity contribution < 1.29 is 0 Å². The number of anilines is 1. The Morgan fingerprint density at radius 2 is 2.00 bits per heavy atom. The summed E-state index contributed by atoms with van der Waals surface area (Å²) in [5.41, 5.74) is 6.77. The van der Waals surface area contributed by atoms with Gasteiger partial charge in [0.1, 0.15) is 0 Å². The summed E-state index contributed by atoms with van der Waals surface area (Å²) >= 11 is 0. The van der Waals surface area contributed by atoms with Gasteiger partial charge in [0.25, 0.3) is 5.56 Å². The molecule has 0 saturated heterocycles. The Kier molecular flexibility index (Phi) is 1.94. The first-order chi connectivity index (χ1) is 8.25. The van der Waals surface area contributed by atoms with Crippen LogP contribution in [0, 0.1) is 0 Å². The predicted octanol–water partition coefficient (Wildman–Crippen LogP) is 0.667. The van der Waals surface area contributed by atoms with Crippen LogP contribution in [0.3, 0.4) is 0 Å². The third-order valence-electron chi connectivity index (χ3n) is 2.49. The first kappa shape index (κ1) is 9.59. The van der Waals surface area contributed by atoms with Crippen molar-refractivity contribution in [1.82, 2.24) is 19.6 Å². The molecule has 3 N–H and O–H groups in total. The number of aromatic nitrogens is 4. The van der Waals surface area contributed by atoms with Gasteiger partial charge < -0.3 is 5.73 Å². The van der Waals surface area contributed by atoms with E-state index in [1.165, 1.54) is 10.5 Å². The topological polar surface area (TPSA) is 89.1 Å². The van der Waals surface area contributed by atoms with Crippen molar-refractivity contribution >= 4 is 11.7 Å². The number of hydrogen-bond acceptors (Lipinski definition) is 4. The van der Waals surface area contributed by atoms with Gasteiger partial charge >= 0.3 is 0 Å². The molecule has 84 valence electrons. The zero-order valence-corrected chi connectivity index (χ0v) is 8.79. The maximum absolute atomic E-state index is 11.8. The van der Waals surface area contributed by atoms with Gasteiger partial charge in [0.15, 0.2) is 0 Å². The van der Waals surface area contributed by atoms with E-state index in [4.69, 9.17) is 5.73 Å². The van der Waals surface area contributed by atoms with Crippen LogP contribution in [0.25, 0.3) is 17.0 Å². The second-order valence-corrected chi connectivity index (χ2v) is 3.59. The lowest BCUT2D eigenvalue weighted by Gasteiger charge is -2.00. The summed E-state index contributed by atoms with van der Waals surface area (Å²) in [5, 5.41) is 6.36. The van der Waals surface area contributed by atoms with E-state index in [1.54, 1.807) is 0 Å². The lowest BCUT2D eigenvalue weighted by molar-refractivity contribution is 1.07. The molecule has 2 aromatic heterocycles. The van der Waals surface area contributed by atoms with E-state index in [0.717, 1.165) is 5.56 Å². The molecule has 6 heteroatoms. The fraction of sp³-hybridized carbons (Fsp3) is 0. The zero-order valence-electron chi connectivity index (χ0n) is 8.79. The van der Waals surface area contributed by atoms with Gasteiger partial charge in [0, 0.05) is 11.6 Å². The van der Waals surface area contributed by atoms with Gasteiger partial charge in [-0.05, 0) is 0 Å². The lowest BCUT2D eigenvalue weighted by atomic mass is 10.1. The van der Waals surface area contributed by atoms with Gasteiger partial charge in [0.2, 0.25) is 11.7 Å². The first-order valence-electron chi connectivity index (χ1n) is 5.05. The second-order valence-electron chi connectivity index (χ2n) is 3.59. The Bertz CT molecular complexity index is 728. The van der Waals surface area contributed by atoms with E-state index >= 15 is 0 Å². The van der Waals surface area contributed by atoms with Crippen LogP contribution in [0.1, 0.15) is 0 Å². The number of nitrogens with zero attached hydrogens (tertiary/aromatic N) is 3. The van der Waals surface area contributed by atoms with Crippen LogP contribution in [0.15, 0.2) is 41.2 Å². The fourth-order valence-electron chi connectivity index (χ4n) is 1.69. The van der Waals surface area contributed by atoms with E-state index in [-0.39, 0.29) is 11.5 Å². The van der Waals surface area contributed by atoms with Crippen molar-refractivity contribution in [2.24, 2.45) is 0 Å². The van der Waals surface area contributed by atoms with Gasteiger partial charge in [-0.15, -0.1) is 5.10 Å². The number of nitrogens with two attached hydrogens (primary N) is 1. The highest BCUT2D eigenvalue weighted by molar-refractivity contribution is 5.60. The minimum Gasteiger partial charge on any atom is -0.368 e. The highest BCUT2D eigenvalue weighted by Crippen LogP contribution is 2.15. The van der Waals surface area contributed by atoms with Gasteiger partial charge in [0.05, 0.1) is 5.69 Å². The first-order valence-corrected chi connectivity index (χ1v) is 5.05. The summed E-state index contributed by atoms with van der Waals surface area (Å²) in [7, 11) is 0. The molecule has 3 aromatic rings. The molecule has 0 fully saturated rings. The molecule has 0 spiro atoms. The third-order valence-corrected chi connectivity index (χ3v) is 2.49. The van der Waals surface area contributed by atoms with E-state index in [1.807, 2.05) is 30.3 Å². The number of rotatable bonds is 1.